The van der Waals surface area contributed by atoms with Crippen LogP contribution in [0.15, 0.2) is 24.3 Å². The number of Topliss-reactive ketones (excluding diaryl/α,β-unsaturated/α-hetero) is 1. The molecule has 0 bridgehead atoms. The summed E-state index contributed by atoms with van der Waals surface area (Å²) in [4.78, 5) is 11.9. The summed E-state index contributed by atoms with van der Waals surface area (Å²) >= 11 is 0. The Morgan fingerprint density at radius 3 is 2.07 bits per heavy atom. The van der Waals surface area contributed by atoms with Crippen molar-refractivity contribution in [2.24, 2.45) is 11.8 Å². The molecule has 1 rings (SSSR count). The van der Waals surface area contributed by atoms with Crippen molar-refractivity contribution < 1.29 is 4.79 Å². The Hall–Kier alpha value is -1.31. The Morgan fingerprint density at radius 2 is 1.64 bits per heavy atom. The maximum absolute atomic E-state index is 11.9. The molecule has 14 heavy (non-hydrogen) atoms. The van der Waals surface area contributed by atoms with E-state index in [1.54, 1.807) is 24.3 Å². The second-order valence-corrected chi connectivity index (χ2v) is 4.02. The molecular weight excluding hydrogens is 174 g/mol. The summed E-state index contributed by atoms with van der Waals surface area (Å²) < 4.78 is 0. The molecule has 2 N–H and O–H groups in total. The molecule has 0 aliphatic carbocycles. The lowest BCUT2D eigenvalue weighted by atomic mass is 9.90. The number of hydrogen-bond donors (Lipinski definition) is 1. The Balaban J connectivity index is 2.84. The van der Waals surface area contributed by atoms with Gasteiger partial charge in [0.1, 0.15) is 0 Å². The maximum atomic E-state index is 11.9. The van der Waals surface area contributed by atoms with Crippen LogP contribution in [0.5, 0.6) is 0 Å². The summed E-state index contributed by atoms with van der Waals surface area (Å²) in [5, 5.41) is 0. The van der Waals surface area contributed by atoms with Crippen molar-refractivity contribution in [3.63, 3.8) is 0 Å². The molecule has 0 radical (unpaired) electrons. The van der Waals surface area contributed by atoms with Crippen molar-refractivity contribution >= 4 is 11.5 Å². The van der Waals surface area contributed by atoms with Crippen molar-refractivity contribution in [2.75, 3.05) is 5.73 Å². The molecule has 1 aromatic rings. The van der Waals surface area contributed by atoms with Gasteiger partial charge in [0, 0.05) is 17.2 Å². The van der Waals surface area contributed by atoms with E-state index in [1.807, 2.05) is 6.92 Å². The molecule has 1 atom stereocenters. The van der Waals surface area contributed by atoms with E-state index in [4.69, 9.17) is 5.73 Å². The highest BCUT2D eigenvalue weighted by Gasteiger charge is 2.17. The first-order valence-corrected chi connectivity index (χ1v) is 4.92. The van der Waals surface area contributed by atoms with Crippen molar-refractivity contribution in [3.05, 3.63) is 29.8 Å². The number of rotatable bonds is 3. The van der Waals surface area contributed by atoms with Crippen LogP contribution < -0.4 is 5.73 Å². The molecule has 0 aromatic heterocycles. The van der Waals surface area contributed by atoms with Gasteiger partial charge in [-0.25, -0.2) is 0 Å². The molecule has 1 aromatic carbocycles. The number of hydrogen-bond acceptors (Lipinski definition) is 2. The quantitative estimate of drug-likeness (QED) is 0.589. The zero-order valence-corrected chi connectivity index (χ0v) is 8.95. The van der Waals surface area contributed by atoms with Crippen LogP contribution in [0, 0.1) is 11.8 Å². The molecule has 0 aliphatic heterocycles. The number of nitrogen functional groups attached to an aromatic ring is 1. The first kappa shape index (κ1) is 10.8. The fourth-order valence-corrected chi connectivity index (χ4v) is 1.21. The smallest absolute Gasteiger partial charge is 0.165 e. The van der Waals surface area contributed by atoms with Gasteiger partial charge in [0.05, 0.1) is 0 Å². The Bertz CT molecular complexity index is 314. The first-order chi connectivity index (χ1) is 6.52. The Kier molecular flexibility index (Phi) is 3.28. The molecule has 0 aliphatic rings. The van der Waals surface area contributed by atoms with E-state index < -0.39 is 0 Å². The van der Waals surface area contributed by atoms with Crippen molar-refractivity contribution in [1.82, 2.24) is 0 Å². The molecule has 0 fully saturated rings. The molecule has 76 valence electrons. The lowest BCUT2D eigenvalue weighted by molar-refractivity contribution is 0.0900. The monoisotopic (exact) mass is 191 g/mol. The number of nitrogens with two attached hydrogens (primary N) is 1. The summed E-state index contributed by atoms with van der Waals surface area (Å²) in [6.45, 7) is 6.07. The predicted octanol–water partition coefficient (Wildman–Crippen LogP) is 2.74. The van der Waals surface area contributed by atoms with Crippen molar-refractivity contribution in [1.29, 1.82) is 0 Å². The molecule has 2 heteroatoms. The van der Waals surface area contributed by atoms with Crippen LogP contribution in [-0.4, -0.2) is 5.78 Å². The highest BCUT2D eigenvalue weighted by atomic mass is 16.1. The van der Waals surface area contributed by atoms with Gasteiger partial charge in [0.25, 0.3) is 0 Å². The van der Waals surface area contributed by atoms with E-state index in [0.717, 1.165) is 5.56 Å². The van der Waals surface area contributed by atoms with Gasteiger partial charge >= 0.3 is 0 Å². The number of benzene rings is 1. The Labute approximate surface area is 85.1 Å². The van der Waals surface area contributed by atoms with E-state index in [-0.39, 0.29) is 11.7 Å². The largest absolute Gasteiger partial charge is 0.399 e. The highest BCUT2D eigenvalue weighted by molar-refractivity contribution is 5.98. The van der Waals surface area contributed by atoms with Gasteiger partial charge in [0.2, 0.25) is 0 Å². The molecule has 0 saturated carbocycles. The molecule has 0 amide bonds. The fourth-order valence-electron chi connectivity index (χ4n) is 1.21. The summed E-state index contributed by atoms with van der Waals surface area (Å²) in [6.07, 6.45) is 0. The van der Waals surface area contributed by atoms with E-state index in [2.05, 4.69) is 13.8 Å². The summed E-state index contributed by atoms with van der Waals surface area (Å²) in [5.41, 5.74) is 7.00. The van der Waals surface area contributed by atoms with Gasteiger partial charge in [-0.15, -0.1) is 0 Å². The minimum Gasteiger partial charge on any atom is -0.399 e. The van der Waals surface area contributed by atoms with Crippen molar-refractivity contribution in [3.8, 4) is 0 Å². The number of carbonyl (C=O) groups excluding carboxylic acids is 1. The van der Waals surface area contributed by atoms with Crippen LogP contribution in [0.25, 0.3) is 0 Å². The van der Waals surface area contributed by atoms with E-state index in [9.17, 15) is 4.79 Å². The standard InChI is InChI=1S/C12H17NO/c1-8(2)9(3)12(14)10-4-6-11(13)7-5-10/h4-9H,13H2,1-3H3. The average Bonchev–Trinajstić information content (AvgIpc) is 2.16. The van der Waals surface area contributed by atoms with Gasteiger partial charge in [0.15, 0.2) is 5.78 Å². The van der Waals surface area contributed by atoms with Crippen LogP contribution in [0.3, 0.4) is 0 Å². The van der Waals surface area contributed by atoms with Gasteiger partial charge in [-0.3, -0.25) is 4.79 Å². The van der Waals surface area contributed by atoms with E-state index >= 15 is 0 Å². The third-order valence-electron chi connectivity index (χ3n) is 2.61. The average molecular weight is 191 g/mol. The summed E-state index contributed by atoms with van der Waals surface area (Å²) in [7, 11) is 0. The minimum atomic E-state index is 0.0682. The summed E-state index contributed by atoms with van der Waals surface area (Å²) in [5.74, 6) is 0.638. The summed E-state index contributed by atoms with van der Waals surface area (Å²) in [6, 6.07) is 7.10. The normalized spacial score (nSPS) is 12.9. The third-order valence-corrected chi connectivity index (χ3v) is 2.61. The van der Waals surface area contributed by atoms with E-state index in [1.165, 1.54) is 0 Å². The maximum Gasteiger partial charge on any atom is 0.165 e. The highest BCUT2D eigenvalue weighted by Crippen LogP contribution is 2.17. The second kappa shape index (κ2) is 4.27. The topological polar surface area (TPSA) is 43.1 Å². The van der Waals surface area contributed by atoms with Crippen LogP contribution in [-0.2, 0) is 0 Å². The predicted molar refractivity (Wildman–Crippen MR) is 59.2 cm³/mol. The van der Waals surface area contributed by atoms with Gasteiger partial charge < -0.3 is 5.73 Å². The van der Waals surface area contributed by atoms with Crippen LogP contribution >= 0.6 is 0 Å². The molecule has 0 saturated heterocycles. The number of anilines is 1. The van der Waals surface area contributed by atoms with Crippen LogP contribution in [0.4, 0.5) is 5.69 Å². The first-order valence-electron chi connectivity index (χ1n) is 4.92. The van der Waals surface area contributed by atoms with Crippen LogP contribution in [0.1, 0.15) is 31.1 Å². The second-order valence-electron chi connectivity index (χ2n) is 4.02. The third kappa shape index (κ3) is 2.34. The molecule has 0 spiro atoms. The molecule has 1 unspecified atom stereocenters. The zero-order valence-electron chi connectivity index (χ0n) is 8.95. The lowest BCUT2D eigenvalue weighted by Gasteiger charge is -2.13. The molecular formula is C12H17NO. The van der Waals surface area contributed by atoms with E-state index in [0.29, 0.717) is 11.6 Å². The Morgan fingerprint density at radius 1 is 1.14 bits per heavy atom. The number of carbonyl (C=O) groups is 1. The van der Waals surface area contributed by atoms with Gasteiger partial charge in [-0.1, -0.05) is 20.8 Å². The van der Waals surface area contributed by atoms with Crippen molar-refractivity contribution in [2.45, 2.75) is 20.8 Å². The number of ketones is 1. The van der Waals surface area contributed by atoms with Crippen LogP contribution in [0.2, 0.25) is 0 Å². The zero-order chi connectivity index (χ0) is 10.7. The molecule has 2 nitrogen and oxygen atoms in total. The van der Waals surface area contributed by atoms with Gasteiger partial charge in [-0.2, -0.15) is 0 Å². The minimum absolute atomic E-state index is 0.0682. The fraction of sp³-hybridized carbons (Fsp3) is 0.417. The molecule has 0 heterocycles. The van der Waals surface area contributed by atoms with Gasteiger partial charge in [-0.05, 0) is 30.2 Å². The lowest BCUT2D eigenvalue weighted by Crippen LogP contribution is -2.16. The SMILES string of the molecule is CC(C)C(C)C(=O)c1ccc(N)cc1.